The van der Waals surface area contributed by atoms with Gasteiger partial charge in [-0.05, 0) is 48.9 Å². The number of rotatable bonds is 14. The highest BCUT2D eigenvalue weighted by atomic mass is 16.5. The Balaban J connectivity index is 1.60. The number of nitrogen functional groups attached to an aromatic ring is 2. The molecule has 30 heavy (non-hydrogen) atoms. The van der Waals surface area contributed by atoms with Crippen molar-refractivity contribution in [2.45, 2.75) is 71.1 Å². The van der Waals surface area contributed by atoms with Gasteiger partial charge in [-0.15, -0.1) is 0 Å². The van der Waals surface area contributed by atoms with Crippen molar-refractivity contribution in [1.29, 1.82) is 0 Å². The van der Waals surface area contributed by atoms with E-state index in [4.69, 9.17) is 20.9 Å². The molecule has 164 valence electrons. The molecule has 2 rings (SSSR count). The van der Waals surface area contributed by atoms with Crippen molar-refractivity contribution in [3.8, 4) is 11.5 Å². The zero-order valence-corrected chi connectivity index (χ0v) is 18.2. The number of hydrogen-bond donors (Lipinski definition) is 2. The molecule has 0 aliphatic carbocycles. The highest BCUT2D eigenvalue weighted by Crippen LogP contribution is 2.21. The lowest BCUT2D eigenvalue weighted by molar-refractivity contribution is 0.0734. The molecular weight excluding hydrogens is 376 g/mol. The maximum Gasteiger partial charge on any atom is 0.343 e. The van der Waals surface area contributed by atoms with Gasteiger partial charge in [-0.2, -0.15) is 0 Å². The minimum Gasteiger partial charge on any atom is -0.494 e. The number of anilines is 2. The number of unbranched alkanes of at least 4 members (excludes halogenated alkanes) is 9. The summed E-state index contributed by atoms with van der Waals surface area (Å²) in [6.45, 7) is 2.96. The molecule has 0 amide bonds. The number of ether oxygens (including phenoxy) is 2. The fourth-order valence-electron chi connectivity index (χ4n) is 3.34. The summed E-state index contributed by atoms with van der Waals surface area (Å²) in [5.74, 6) is 0.735. The monoisotopic (exact) mass is 412 g/mol. The summed E-state index contributed by atoms with van der Waals surface area (Å²) >= 11 is 0. The van der Waals surface area contributed by atoms with Gasteiger partial charge in [-0.1, -0.05) is 64.7 Å². The van der Waals surface area contributed by atoms with E-state index in [1.54, 1.807) is 30.3 Å². The first-order valence-electron chi connectivity index (χ1n) is 11.2. The summed E-state index contributed by atoms with van der Waals surface area (Å²) in [7, 11) is 0. The maximum atomic E-state index is 12.2. The molecule has 0 aliphatic rings. The molecule has 0 saturated carbocycles. The first kappa shape index (κ1) is 23.6. The second-order valence-corrected chi connectivity index (χ2v) is 7.78. The molecule has 0 spiro atoms. The number of nitrogens with two attached hydrogens (primary N) is 2. The predicted molar refractivity (Wildman–Crippen MR) is 124 cm³/mol. The van der Waals surface area contributed by atoms with Gasteiger partial charge in [0.05, 0.1) is 12.2 Å². The highest BCUT2D eigenvalue weighted by Gasteiger charge is 2.10. The third-order valence-electron chi connectivity index (χ3n) is 5.01. The lowest BCUT2D eigenvalue weighted by Crippen LogP contribution is -2.09. The van der Waals surface area contributed by atoms with E-state index in [-0.39, 0.29) is 0 Å². The van der Waals surface area contributed by atoms with Crippen LogP contribution in [0.4, 0.5) is 11.4 Å². The first-order chi connectivity index (χ1) is 14.6. The van der Waals surface area contributed by atoms with Crippen LogP contribution in [-0.2, 0) is 0 Å². The second-order valence-electron chi connectivity index (χ2n) is 7.78. The van der Waals surface area contributed by atoms with Crippen LogP contribution in [0.3, 0.4) is 0 Å². The molecule has 5 nitrogen and oxygen atoms in total. The number of esters is 1. The SMILES string of the molecule is CCCCCCCCCCCCOc1ccc(OC(=O)c2cc(N)cc(N)c2)cc1. The molecule has 0 bridgehead atoms. The Kier molecular flexibility index (Phi) is 10.6. The van der Waals surface area contributed by atoms with Gasteiger partial charge < -0.3 is 20.9 Å². The number of carbonyl (C=O) groups is 1. The van der Waals surface area contributed by atoms with E-state index in [1.165, 1.54) is 57.8 Å². The predicted octanol–water partition coefficient (Wildman–Crippen LogP) is 6.37. The molecule has 2 aromatic rings. The fraction of sp³-hybridized carbons (Fsp3) is 0.480. The van der Waals surface area contributed by atoms with Crippen LogP contribution in [-0.4, -0.2) is 12.6 Å². The Labute approximate surface area is 180 Å². The average Bonchev–Trinajstić information content (AvgIpc) is 2.72. The van der Waals surface area contributed by atoms with Gasteiger partial charge in [0.15, 0.2) is 0 Å². The van der Waals surface area contributed by atoms with E-state index in [0.29, 0.717) is 29.3 Å². The largest absolute Gasteiger partial charge is 0.494 e. The van der Waals surface area contributed by atoms with Gasteiger partial charge >= 0.3 is 5.97 Å². The van der Waals surface area contributed by atoms with E-state index in [0.717, 1.165) is 12.2 Å². The number of benzene rings is 2. The number of hydrogen-bond acceptors (Lipinski definition) is 5. The van der Waals surface area contributed by atoms with Gasteiger partial charge in [0.25, 0.3) is 0 Å². The van der Waals surface area contributed by atoms with Crippen molar-refractivity contribution >= 4 is 17.3 Å². The third-order valence-corrected chi connectivity index (χ3v) is 5.01. The van der Waals surface area contributed by atoms with Crippen molar-refractivity contribution < 1.29 is 14.3 Å². The molecule has 0 heterocycles. The summed E-state index contributed by atoms with van der Waals surface area (Å²) in [5.41, 5.74) is 12.6. The van der Waals surface area contributed by atoms with Crippen molar-refractivity contribution in [3.05, 3.63) is 48.0 Å². The Hall–Kier alpha value is -2.69. The molecule has 0 unspecified atom stereocenters. The Morgan fingerprint density at radius 3 is 1.80 bits per heavy atom. The minimum absolute atomic E-state index is 0.328. The van der Waals surface area contributed by atoms with E-state index in [1.807, 2.05) is 12.1 Å². The second kappa shape index (κ2) is 13.5. The molecule has 2 aromatic carbocycles. The standard InChI is InChI=1S/C25H36N2O3/c1-2-3-4-5-6-7-8-9-10-11-16-29-23-12-14-24(15-13-23)30-25(28)20-17-21(26)19-22(27)18-20/h12-15,17-19H,2-11,16,26-27H2,1H3. The lowest BCUT2D eigenvalue weighted by atomic mass is 10.1. The van der Waals surface area contributed by atoms with Crippen LogP contribution in [0.1, 0.15) is 81.5 Å². The van der Waals surface area contributed by atoms with E-state index in [2.05, 4.69) is 6.92 Å². The van der Waals surface area contributed by atoms with Crippen LogP contribution in [0, 0.1) is 0 Å². The van der Waals surface area contributed by atoms with Crippen LogP contribution in [0.5, 0.6) is 11.5 Å². The normalized spacial score (nSPS) is 10.7. The maximum absolute atomic E-state index is 12.2. The molecule has 4 N–H and O–H groups in total. The average molecular weight is 413 g/mol. The van der Waals surface area contributed by atoms with Gasteiger partial charge in [-0.3, -0.25) is 0 Å². The van der Waals surface area contributed by atoms with Crippen molar-refractivity contribution in [3.63, 3.8) is 0 Å². The fourth-order valence-corrected chi connectivity index (χ4v) is 3.34. The van der Waals surface area contributed by atoms with Crippen LogP contribution in [0.15, 0.2) is 42.5 Å². The van der Waals surface area contributed by atoms with Crippen LogP contribution < -0.4 is 20.9 Å². The molecular formula is C25H36N2O3. The summed E-state index contributed by atoms with van der Waals surface area (Å²) < 4.78 is 11.2. The Morgan fingerprint density at radius 2 is 1.23 bits per heavy atom. The third kappa shape index (κ3) is 9.21. The van der Waals surface area contributed by atoms with E-state index in [9.17, 15) is 4.79 Å². The number of carbonyl (C=O) groups excluding carboxylic acids is 1. The molecule has 0 aliphatic heterocycles. The van der Waals surface area contributed by atoms with E-state index >= 15 is 0 Å². The van der Waals surface area contributed by atoms with Crippen molar-refractivity contribution in [2.24, 2.45) is 0 Å². The van der Waals surface area contributed by atoms with Gasteiger partial charge in [-0.25, -0.2) is 4.79 Å². The zero-order chi connectivity index (χ0) is 21.6. The summed E-state index contributed by atoms with van der Waals surface area (Å²) in [6.07, 6.45) is 13.0. The van der Waals surface area contributed by atoms with Gasteiger partial charge in [0.1, 0.15) is 11.5 Å². The van der Waals surface area contributed by atoms with Gasteiger partial charge in [0.2, 0.25) is 0 Å². The Bertz CT molecular complexity index is 739. The summed E-state index contributed by atoms with van der Waals surface area (Å²) in [6, 6.07) is 11.8. The topological polar surface area (TPSA) is 87.6 Å². The molecule has 0 fully saturated rings. The smallest absolute Gasteiger partial charge is 0.343 e. The first-order valence-corrected chi connectivity index (χ1v) is 11.2. The van der Waals surface area contributed by atoms with Crippen LogP contribution in [0.25, 0.3) is 0 Å². The summed E-state index contributed by atoms with van der Waals surface area (Å²) in [5, 5.41) is 0. The summed E-state index contributed by atoms with van der Waals surface area (Å²) in [4.78, 5) is 12.2. The van der Waals surface area contributed by atoms with Crippen molar-refractivity contribution in [1.82, 2.24) is 0 Å². The minimum atomic E-state index is -0.493. The molecule has 0 atom stereocenters. The highest BCUT2D eigenvalue weighted by molar-refractivity contribution is 5.93. The Morgan fingerprint density at radius 1 is 0.733 bits per heavy atom. The molecule has 5 heteroatoms. The lowest BCUT2D eigenvalue weighted by Gasteiger charge is -2.09. The molecule has 0 saturated heterocycles. The van der Waals surface area contributed by atoms with E-state index < -0.39 is 5.97 Å². The van der Waals surface area contributed by atoms with Gasteiger partial charge in [0, 0.05) is 11.4 Å². The molecule has 0 radical (unpaired) electrons. The van der Waals surface area contributed by atoms with Crippen molar-refractivity contribution in [2.75, 3.05) is 18.1 Å². The zero-order valence-electron chi connectivity index (χ0n) is 18.2. The van der Waals surface area contributed by atoms with Crippen LogP contribution in [0.2, 0.25) is 0 Å². The molecule has 0 aromatic heterocycles. The quantitative estimate of drug-likeness (QED) is 0.163. The van der Waals surface area contributed by atoms with Crippen LogP contribution >= 0.6 is 0 Å².